The van der Waals surface area contributed by atoms with E-state index in [2.05, 4.69) is 89.4 Å². The first-order valence-corrected chi connectivity index (χ1v) is 11.6. The van der Waals surface area contributed by atoms with Crippen LogP contribution in [0, 0.1) is 5.92 Å². The first-order valence-electron chi connectivity index (χ1n) is 10.8. The minimum atomic E-state index is 0.625. The van der Waals surface area contributed by atoms with Crippen LogP contribution in [0.5, 0.6) is 0 Å². The molecule has 2 nitrogen and oxygen atoms in total. The number of nitrogens with zero attached hydrogens (tertiary/aromatic N) is 1. The fraction of sp³-hybridized carbons (Fsp3) is 0.385. The molecule has 0 spiro atoms. The molecule has 0 atom stereocenters. The molecule has 0 saturated carbocycles. The zero-order valence-electron chi connectivity index (χ0n) is 17.5. The molecule has 3 heteroatoms. The predicted octanol–water partition coefficient (Wildman–Crippen LogP) is 7.39. The summed E-state index contributed by atoms with van der Waals surface area (Å²) < 4.78 is 1.11. The Hall–Kier alpha value is -1.68. The topological polar surface area (TPSA) is 12.5 Å². The molecular weight excluding hydrogens is 422 g/mol. The molecule has 1 heterocycles. The SMILES string of the molecule is CC(C)Cc1cccc2cc(CON3CCCCC3)cc(-c3ccc(Br)cc3)c12. The average Bonchev–Trinajstić information content (AvgIpc) is 2.73. The Morgan fingerprint density at radius 2 is 1.72 bits per heavy atom. The molecule has 152 valence electrons. The van der Waals surface area contributed by atoms with Gasteiger partial charge in [-0.2, -0.15) is 5.06 Å². The van der Waals surface area contributed by atoms with Gasteiger partial charge in [0, 0.05) is 17.6 Å². The molecule has 1 aliphatic rings. The Bertz CT molecular complexity index is 958. The highest BCUT2D eigenvalue weighted by atomic mass is 79.9. The van der Waals surface area contributed by atoms with E-state index in [4.69, 9.17) is 4.84 Å². The van der Waals surface area contributed by atoms with Gasteiger partial charge in [-0.1, -0.05) is 66.5 Å². The van der Waals surface area contributed by atoms with Crippen molar-refractivity contribution in [3.8, 4) is 11.1 Å². The minimum Gasteiger partial charge on any atom is -0.294 e. The summed E-state index contributed by atoms with van der Waals surface area (Å²) in [4.78, 5) is 6.15. The molecule has 0 unspecified atom stereocenters. The van der Waals surface area contributed by atoms with Gasteiger partial charge >= 0.3 is 0 Å². The summed E-state index contributed by atoms with van der Waals surface area (Å²) in [5, 5.41) is 4.83. The first kappa shape index (κ1) is 20.6. The van der Waals surface area contributed by atoms with Crippen LogP contribution in [0.2, 0.25) is 0 Å². The average molecular weight is 452 g/mol. The molecule has 29 heavy (non-hydrogen) atoms. The van der Waals surface area contributed by atoms with E-state index in [1.165, 1.54) is 52.3 Å². The zero-order valence-corrected chi connectivity index (χ0v) is 19.0. The van der Waals surface area contributed by atoms with E-state index in [0.717, 1.165) is 24.0 Å². The predicted molar refractivity (Wildman–Crippen MR) is 126 cm³/mol. The summed E-state index contributed by atoms with van der Waals surface area (Å²) in [6, 6.07) is 20.0. The summed E-state index contributed by atoms with van der Waals surface area (Å²) in [7, 11) is 0. The van der Waals surface area contributed by atoms with E-state index in [-0.39, 0.29) is 0 Å². The molecule has 1 fully saturated rings. The Kier molecular flexibility index (Phi) is 6.69. The molecule has 3 aromatic rings. The quantitative estimate of drug-likeness (QED) is 0.387. The number of fused-ring (bicyclic) bond motifs is 1. The maximum Gasteiger partial charge on any atom is 0.0936 e. The van der Waals surface area contributed by atoms with Gasteiger partial charge in [-0.15, -0.1) is 0 Å². The van der Waals surface area contributed by atoms with Crippen LogP contribution in [-0.2, 0) is 17.9 Å². The molecule has 0 radical (unpaired) electrons. The van der Waals surface area contributed by atoms with Gasteiger partial charge in [0.1, 0.15) is 0 Å². The number of hydrogen-bond acceptors (Lipinski definition) is 2. The van der Waals surface area contributed by atoms with Crippen LogP contribution in [0.4, 0.5) is 0 Å². The lowest BCUT2D eigenvalue weighted by atomic mass is 9.89. The number of piperidine rings is 1. The van der Waals surface area contributed by atoms with E-state index < -0.39 is 0 Å². The Balaban J connectivity index is 1.75. The Labute approximate surface area is 183 Å². The highest BCUT2D eigenvalue weighted by Gasteiger charge is 2.14. The van der Waals surface area contributed by atoms with Gasteiger partial charge in [-0.3, -0.25) is 4.84 Å². The molecular formula is C26H30BrNO. The second-order valence-corrected chi connectivity index (χ2v) is 9.44. The molecule has 1 saturated heterocycles. The van der Waals surface area contributed by atoms with Gasteiger partial charge in [0.2, 0.25) is 0 Å². The van der Waals surface area contributed by atoms with Crippen LogP contribution in [0.15, 0.2) is 59.1 Å². The molecule has 3 aromatic carbocycles. The van der Waals surface area contributed by atoms with Crippen LogP contribution in [0.1, 0.15) is 44.2 Å². The lowest BCUT2D eigenvalue weighted by Gasteiger charge is -2.26. The maximum absolute atomic E-state index is 6.15. The monoisotopic (exact) mass is 451 g/mol. The van der Waals surface area contributed by atoms with Crippen molar-refractivity contribution < 1.29 is 4.84 Å². The number of benzene rings is 3. The van der Waals surface area contributed by atoms with Crippen molar-refractivity contribution in [2.45, 2.75) is 46.1 Å². The standard InChI is InChI=1S/C26H30BrNO/c1-19(2)15-22-7-6-8-23-16-20(18-29-28-13-4-3-5-14-28)17-25(26(22)23)21-9-11-24(27)12-10-21/h6-12,16-17,19H,3-5,13-15,18H2,1-2H3. The van der Waals surface area contributed by atoms with Gasteiger partial charge in [-0.05, 0) is 82.5 Å². The fourth-order valence-corrected chi connectivity index (χ4v) is 4.54. The largest absolute Gasteiger partial charge is 0.294 e. The fourth-order valence-electron chi connectivity index (χ4n) is 4.28. The van der Waals surface area contributed by atoms with E-state index in [0.29, 0.717) is 12.5 Å². The minimum absolute atomic E-state index is 0.625. The third-order valence-electron chi connectivity index (χ3n) is 5.64. The van der Waals surface area contributed by atoms with Crippen molar-refractivity contribution in [2.75, 3.05) is 13.1 Å². The van der Waals surface area contributed by atoms with Crippen molar-refractivity contribution in [3.63, 3.8) is 0 Å². The lowest BCUT2D eigenvalue weighted by Crippen LogP contribution is -2.29. The van der Waals surface area contributed by atoms with Crippen molar-refractivity contribution in [1.29, 1.82) is 0 Å². The molecule has 0 aliphatic carbocycles. The summed E-state index contributed by atoms with van der Waals surface area (Å²) in [6.45, 7) is 7.31. The summed E-state index contributed by atoms with van der Waals surface area (Å²) >= 11 is 3.57. The van der Waals surface area contributed by atoms with E-state index >= 15 is 0 Å². The summed E-state index contributed by atoms with van der Waals surface area (Å²) in [5.74, 6) is 0.625. The van der Waals surface area contributed by atoms with Gasteiger partial charge < -0.3 is 0 Å². The molecule has 4 rings (SSSR count). The van der Waals surface area contributed by atoms with Gasteiger partial charge in [0.15, 0.2) is 0 Å². The number of hydrogen-bond donors (Lipinski definition) is 0. The first-order chi connectivity index (χ1) is 14.1. The summed E-state index contributed by atoms with van der Waals surface area (Å²) in [5.41, 5.74) is 5.24. The zero-order chi connectivity index (χ0) is 20.2. The molecule has 1 aliphatic heterocycles. The van der Waals surface area contributed by atoms with Crippen molar-refractivity contribution in [2.24, 2.45) is 5.92 Å². The normalized spacial score (nSPS) is 15.3. The molecule has 0 aromatic heterocycles. The van der Waals surface area contributed by atoms with Gasteiger partial charge in [-0.25, -0.2) is 0 Å². The van der Waals surface area contributed by atoms with E-state index in [1.807, 2.05) is 0 Å². The molecule has 0 N–H and O–H groups in total. The Morgan fingerprint density at radius 3 is 2.45 bits per heavy atom. The van der Waals surface area contributed by atoms with E-state index in [1.54, 1.807) is 0 Å². The third kappa shape index (κ3) is 5.09. The number of rotatable bonds is 6. The van der Waals surface area contributed by atoms with Crippen LogP contribution in [0.25, 0.3) is 21.9 Å². The maximum atomic E-state index is 6.15. The molecule has 0 amide bonds. The molecule has 0 bridgehead atoms. The smallest absolute Gasteiger partial charge is 0.0936 e. The lowest BCUT2D eigenvalue weighted by molar-refractivity contribution is -0.178. The van der Waals surface area contributed by atoms with Crippen LogP contribution < -0.4 is 0 Å². The highest BCUT2D eigenvalue weighted by Crippen LogP contribution is 2.34. The van der Waals surface area contributed by atoms with Crippen molar-refractivity contribution in [1.82, 2.24) is 5.06 Å². The van der Waals surface area contributed by atoms with E-state index in [9.17, 15) is 0 Å². The highest BCUT2D eigenvalue weighted by molar-refractivity contribution is 9.10. The van der Waals surface area contributed by atoms with Crippen LogP contribution >= 0.6 is 15.9 Å². The second kappa shape index (κ2) is 9.42. The third-order valence-corrected chi connectivity index (χ3v) is 6.16. The number of hydroxylamine groups is 2. The second-order valence-electron chi connectivity index (χ2n) is 8.53. The van der Waals surface area contributed by atoms with Crippen molar-refractivity contribution in [3.05, 3.63) is 70.2 Å². The number of halogens is 1. The van der Waals surface area contributed by atoms with Gasteiger partial charge in [0.05, 0.1) is 6.61 Å². The van der Waals surface area contributed by atoms with Crippen molar-refractivity contribution >= 4 is 26.7 Å². The summed E-state index contributed by atoms with van der Waals surface area (Å²) in [6.07, 6.45) is 4.88. The Morgan fingerprint density at radius 1 is 0.966 bits per heavy atom. The van der Waals surface area contributed by atoms with Gasteiger partial charge in [0.25, 0.3) is 0 Å². The van der Waals surface area contributed by atoms with Crippen LogP contribution in [0.3, 0.4) is 0 Å². The van der Waals surface area contributed by atoms with Crippen LogP contribution in [-0.4, -0.2) is 18.2 Å².